The van der Waals surface area contributed by atoms with Crippen LogP contribution in [0, 0.1) is 15.9 Å². The minimum Gasteiger partial charge on any atom is -0.444 e. The number of nitro groups is 1. The molecule has 2 unspecified atom stereocenters. The molecule has 184 valence electrons. The molecule has 2 atom stereocenters. The first-order valence-electron chi connectivity index (χ1n) is 12.0. The van der Waals surface area contributed by atoms with Gasteiger partial charge in [-0.3, -0.25) is 15.1 Å². The third-order valence-electron chi connectivity index (χ3n) is 7.00. The topological polar surface area (TPSA) is 90.5 Å². The Morgan fingerprint density at radius 3 is 2.51 bits per heavy atom. The second kappa shape index (κ2) is 8.62. The molecule has 9 heteroatoms. The lowest BCUT2D eigenvalue weighted by Crippen LogP contribution is -2.48. The second-order valence-corrected chi connectivity index (χ2v) is 10.6. The largest absolute Gasteiger partial charge is 0.444 e. The number of carbonyl (C=O) groups excluding carboxylic acids is 1. The van der Waals surface area contributed by atoms with Crippen molar-refractivity contribution < 1.29 is 18.8 Å². The zero-order valence-corrected chi connectivity index (χ0v) is 20.1. The summed E-state index contributed by atoms with van der Waals surface area (Å²) in [7, 11) is 0. The van der Waals surface area contributed by atoms with E-state index in [1.54, 1.807) is 16.8 Å². The Morgan fingerprint density at radius 1 is 1.20 bits per heavy atom. The van der Waals surface area contributed by atoms with Crippen molar-refractivity contribution in [3.8, 4) is 0 Å². The average molecular weight is 481 g/mol. The number of rotatable bonds is 4. The maximum absolute atomic E-state index is 14.6. The molecule has 0 N–H and O–H groups in total. The van der Waals surface area contributed by atoms with Crippen molar-refractivity contribution in [2.45, 2.75) is 76.6 Å². The van der Waals surface area contributed by atoms with Crippen molar-refractivity contribution in [2.75, 3.05) is 0 Å². The van der Waals surface area contributed by atoms with E-state index >= 15 is 0 Å². The summed E-state index contributed by atoms with van der Waals surface area (Å²) in [6.45, 7) is 6.03. The van der Waals surface area contributed by atoms with Gasteiger partial charge in [-0.1, -0.05) is 6.07 Å². The zero-order chi connectivity index (χ0) is 24.9. The van der Waals surface area contributed by atoms with Gasteiger partial charge in [-0.25, -0.2) is 9.18 Å². The molecule has 0 radical (unpaired) electrons. The number of halogens is 1. The molecule has 2 aliphatic rings. The first-order chi connectivity index (χ1) is 16.6. The second-order valence-electron chi connectivity index (χ2n) is 10.6. The molecule has 5 rings (SSSR count). The molecule has 2 saturated heterocycles. The first-order valence-corrected chi connectivity index (χ1v) is 12.0. The number of fused-ring (bicyclic) bond motifs is 3. The van der Waals surface area contributed by atoms with Crippen molar-refractivity contribution in [1.29, 1.82) is 0 Å². The van der Waals surface area contributed by atoms with E-state index in [4.69, 9.17) is 4.74 Å². The maximum Gasteiger partial charge on any atom is 0.410 e. The summed E-state index contributed by atoms with van der Waals surface area (Å²) in [5.74, 6) is -0.291. The summed E-state index contributed by atoms with van der Waals surface area (Å²) in [5, 5.41) is 11.5. The average Bonchev–Trinajstić information content (AvgIpc) is 3.31. The quantitative estimate of drug-likeness (QED) is 0.349. The number of aromatic nitrogens is 2. The predicted octanol–water partition coefficient (Wildman–Crippen LogP) is 5.78. The highest BCUT2D eigenvalue weighted by Crippen LogP contribution is 2.43. The van der Waals surface area contributed by atoms with E-state index in [9.17, 15) is 19.3 Å². The Hall–Kier alpha value is -3.49. The number of amides is 1. The lowest BCUT2D eigenvalue weighted by molar-refractivity contribution is -0.384. The number of pyridine rings is 1. The number of nitrogens with zero attached hydrogens (tertiary/aromatic N) is 4. The highest BCUT2D eigenvalue weighted by molar-refractivity contribution is 5.83. The minimum absolute atomic E-state index is 0.187. The maximum atomic E-state index is 14.6. The molecule has 2 aromatic heterocycles. The molecular weight excluding hydrogens is 451 g/mol. The van der Waals surface area contributed by atoms with E-state index in [0.717, 1.165) is 43.0 Å². The molecule has 0 spiro atoms. The Morgan fingerprint density at radius 2 is 1.91 bits per heavy atom. The Labute approximate surface area is 202 Å². The van der Waals surface area contributed by atoms with Crippen LogP contribution in [0.5, 0.6) is 0 Å². The number of nitro benzene ring substituents is 1. The fourth-order valence-electron chi connectivity index (χ4n) is 5.52. The molecule has 35 heavy (non-hydrogen) atoms. The smallest absolute Gasteiger partial charge is 0.410 e. The summed E-state index contributed by atoms with van der Waals surface area (Å²) in [5.41, 5.74) is 1.48. The van der Waals surface area contributed by atoms with Crippen LogP contribution in [0.1, 0.15) is 63.6 Å². The van der Waals surface area contributed by atoms with E-state index in [1.165, 1.54) is 6.07 Å². The Balaban J connectivity index is 1.28. The Kier molecular flexibility index (Phi) is 5.73. The molecule has 2 fully saturated rings. The fraction of sp³-hybridized carbons (Fsp3) is 0.462. The van der Waals surface area contributed by atoms with Crippen molar-refractivity contribution in [3.05, 3.63) is 69.9 Å². The van der Waals surface area contributed by atoms with Gasteiger partial charge >= 0.3 is 6.09 Å². The van der Waals surface area contributed by atoms with Crippen molar-refractivity contribution >= 4 is 22.7 Å². The number of hydrogen-bond donors (Lipinski definition) is 0. The molecular formula is C26H29FN4O4. The van der Waals surface area contributed by atoms with Gasteiger partial charge in [0.2, 0.25) is 0 Å². The summed E-state index contributed by atoms with van der Waals surface area (Å²) >= 11 is 0. The van der Waals surface area contributed by atoms with Crippen LogP contribution in [0.2, 0.25) is 0 Å². The van der Waals surface area contributed by atoms with Crippen molar-refractivity contribution in [1.82, 2.24) is 14.5 Å². The lowest BCUT2D eigenvalue weighted by atomic mass is 9.86. The number of ether oxygens (including phenoxy) is 1. The number of piperidine rings is 1. The van der Waals surface area contributed by atoms with Crippen LogP contribution >= 0.6 is 0 Å². The molecule has 1 aromatic carbocycles. The highest BCUT2D eigenvalue weighted by Gasteiger charge is 2.45. The van der Waals surface area contributed by atoms with E-state index in [-0.39, 0.29) is 23.9 Å². The third-order valence-corrected chi connectivity index (χ3v) is 7.00. The molecule has 2 aliphatic heterocycles. The van der Waals surface area contributed by atoms with Crippen LogP contribution in [0.15, 0.2) is 42.7 Å². The first kappa shape index (κ1) is 23.3. The fourth-order valence-corrected chi connectivity index (χ4v) is 5.52. The number of carbonyl (C=O) groups is 1. The Bertz CT molecular complexity index is 1270. The molecule has 3 aromatic rings. The highest BCUT2D eigenvalue weighted by atomic mass is 19.1. The van der Waals surface area contributed by atoms with Crippen molar-refractivity contribution in [3.63, 3.8) is 0 Å². The van der Waals surface area contributed by atoms with E-state index < -0.39 is 16.3 Å². The van der Waals surface area contributed by atoms with Gasteiger partial charge in [0.1, 0.15) is 5.60 Å². The summed E-state index contributed by atoms with van der Waals surface area (Å²) in [6, 6.07) is 8.40. The minimum atomic E-state index is -0.622. The number of benzene rings is 1. The van der Waals surface area contributed by atoms with Crippen LogP contribution in [0.25, 0.3) is 10.9 Å². The number of non-ortho nitro benzene ring substituents is 1. The molecule has 4 heterocycles. The van der Waals surface area contributed by atoms with Gasteiger partial charge in [-0.15, -0.1) is 0 Å². The molecule has 8 nitrogen and oxygen atoms in total. The molecule has 2 bridgehead atoms. The van der Waals surface area contributed by atoms with Crippen LogP contribution in [-0.4, -0.2) is 43.2 Å². The van der Waals surface area contributed by atoms with Gasteiger partial charge in [0.25, 0.3) is 5.69 Å². The van der Waals surface area contributed by atoms with E-state index in [0.29, 0.717) is 23.4 Å². The standard InChI is InChI=1S/C26H29FN4O4/c1-26(2,3)35-25(32)30-20-6-7-21(30)12-18(11-20)17-4-5-19(28-14-17)15-29-9-8-16-10-22(31(33)34)13-23(27)24(16)29/h4-5,8-10,13-14,18,20-21H,6-7,11-12,15H2,1-3H3. The SMILES string of the molecule is CC(C)(C)OC(=O)N1C2CCC1CC(c1ccc(Cn3ccc4cc([N+](=O)[O-])cc(F)c43)nc1)C2. The normalized spacial score (nSPS) is 21.9. The van der Waals surface area contributed by atoms with Gasteiger partial charge in [0.05, 0.1) is 28.7 Å². The predicted molar refractivity (Wildman–Crippen MR) is 129 cm³/mol. The van der Waals surface area contributed by atoms with Crippen LogP contribution in [0.3, 0.4) is 0 Å². The van der Waals surface area contributed by atoms with Gasteiger partial charge in [-0.05, 0) is 70.1 Å². The third kappa shape index (κ3) is 4.59. The monoisotopic (exact) mass is 480 g/mol. The van der Waals surface area contributed by atoms with Gasteiger partial charge in [0, 0.05) is 35.9 Å². The van der Waals surface area contributed by atoms with E-state index in [1.807, 2.05) is 37.9 Å². The molecule has 1 amide bonds. The summed E-state index contributed by atoms with van der Waals surface area (Å²) in [4.78, 5) is 29.7. The van der Waals surface area contributed by atoms with Gasteiger partial charge in [-0.2, -0.15) is 0 Å². The van der Waals surface area contributed by atoms with Crippen LogP contribution in [0.4, 0.5) is 14.9 Å². The molecule has 0 saturated carbocycles. The zero-order valence-electron chi connectivity index (χ0n) is 20.1. The molecule has 0 aliphatic carbocycles. The van der Waals surface area contributed by atoms with Gasteiger partial charge < -0.3 is 14.2 Å². The lowest BCUT2D eigenvalue weighted by Gasteiger charge is -2.39. The van der Waals surface area contributed by atoms with Crippen LogP contribution < -0.4 is 0 Å². The summed E-state index contributed by atoms with van der Waals surface area (Å²) in [6.07, 6.45) is 7.17. The summed E-state index contributed by atoms with van der Waals surface area (Å²) < 4.78 is 21.9. The van der Waals surface area contributed by atoms with Crippen molar-refractivity contribution in [2.24, 2.45) is 0 Å². The van der Waals surface area contributed by atoms with Gasteiger partial charge in [0.15, 0.2) is 5.82 Å². The van der Waals surface area contributed by atoms with E-state index in [2.05, 4.69) is 11.1 Å². The van der Waals surface area contributed by atoms with Crippen LogP contribution in [-0.2, 0) is 11.3 Å². The number of hydrogen-bond acceptors (Lipinski definition) is 5.